The van der Waals surface area contributed by atoms with Gasteiger partial charge in [-0.05, 0) is 43.4 Å². The average molecular weight is 356 g/mol. The Morgan fingerprint density at radius 2 is 2.19 bits per heavy atom. The third-order valence-electron chi connectivity index (χ3n) is 4.94. The molecule has 26 heavy (non-hydrogen) atoms. The van der Waals surface area contributed by atoms with Crippen LogP contribution in [0.2, 0.25) is 0 Å². The van der Waals surface area contributed by atoms with Gasteiger partial charge in [0.15, 0.2) is 0 Å². The van der Waals surface area contributed by atoms with Crippen LogP contribution in [0.25, 0.3) is 11.0 Å². The summed E-state index contributed by atoms with van der Waals surface area (Å²) in [5.41, 5.74) is 3.08. The Kier molecular flexibility index (Phi) is 5.59. The molecule has 6 nitrogen and oxygen atoms in total. The van der Waals surface area contributed by atoms with Gasteiger partial charge in [-0.3, -0.25) is 9.59 Å². The van der Waals surface area contributed by atoms with Crippen LogP contribution >= 0.6 is 0 Å². The van der Waals surface area contributed by atoms with E-state index >= 15 is 0 Å². The van der Waals surface area contributed by atoms with E-state index in [1.165, 1.54) is 5.56 Å². The lowest BCUT2D eigenvalue weighted by molar-refractivity contribution is -0.128. The van der Waals surface area contributed by atoms with Crippen molar-refractivity contribution >= 4 is 22.8 Å². The minimum atomic E-state index is -0.149. The molecule has 6 heteroatoms. The summed E-state index contributed by atoms with van der Waals surface area (Å²) in [6.07, 6.45) is 2.70. The van der Waals surface area contributed by atoms with Crippen molar-refractivity contribution in [2.45, 2.75) is 52.5 Å². The Morgan fingerprint density at radius 3 is 2.88 bits per heavy atom. The summed E-state index contributed by atoms with van der Waals surface area (Å²) >= 11 is 0. The second kappa shape index (κ2) is 7.89. The lowest BCUT2D eigenvalue weighted by atomic mass is 10.0. The Labute approximate surface area is 154 Å². The van der Waals surface area contributed by atoms with Gasteiger partial charge in [-0.15, -0.1) is 0 Å². The van der Waals surface area contributed by atoms with E-state index < -0.39 is 0 Å². The number of H-pyrrole nitrogens is 1. The van der Waals surface area contributed by atoms with Crippen LogP contribution in [-0.4, -0.2) is 39.8 Å². The van der Waals surface area contributed by atoms with Crippen LogP contribution in [0.15, 0.2) is 18.2 Å². The van der Waals surface area contributed by atoms with Gasteiger partial charge in [0, 0.05) is 25.9 Å². The fourth-order valence-corrected chi connectivity index (χ4v) is 3.46. The first-order chi connectivity index (χ1) is 12.4. The fourth-order valence-electron chi connectivity index (χ4n) is 3.46. The summed E-state index contributed by atoms with van der Waals surface area (Å²) in [4.78, 5) is 33.9. The van der Waals surface area contributed by atoms with Crippen molar-refractivity contribution in [3.63, 3.8) is 0 Å². The van der Waals surface area contributed by atoms with Gasteiger partial charge in [0.1, 0.15) is 5.82 Å². The van der Waals surface area contributed by atoms with Crippen molar-refractivity contribution < 1.29 is 9.59 Å². The van der Waals surface area contributed by atoms with E-state index in [0.29, 0.717) is 25.8 Å². The molecule has 1 unspecified atom stereocenters. The zero-order valence-corrected chi connectivity index (χ0v) is 15.8. The van der Waals surface area contributed by atoms with Crippen LogP contribution in [0.1, 0.15) is 57.0 Å². The zero-order chi connectivity index (χ0) is 18.7. The molecule has 2 amide bonds. The second-order valence-corrected chi connectivity index (χ2v) is 7.52. The maximum Gasteiger partial charge on any atom is 0.222 e. The Morgan fingerprint density at radius 1 is 1.38 bits per heavy atom. The highest BCUT2D eigenvalue weighted by Crippen LogP contribution is 2.23. The number of hydrogen-bond acceptors (Lipinski definition) is 3. The molecule has 1 aliphatic heterocycles. The highest BCUT2D eigenvalue weighted by Gasteiger charge is 2.23. The molecule has 0 saturated carbocycles. The molecule has 2 N–H and O–H groups in total. The molecule has 0 bridgehead atoms. The van der Waals surface area contributed by atoms with E-state index in [1.807, 2.05) is 24.0 Å². The third-order valence-corrected chi connectivity index (χ3v) is 4.94. The first-order valence-corrected chi connectivity index (χ1v) is 9.47. The molecule has 0 aliphatic carbocycles. The van der Waals surface area contributed by atoms with Crippen LogP contribution in [0, 0.1) is 12.8 Å². The average Bonchev–Trinajstić information content (AvgIpc) is 3.18. The van der Waals surface area contributed by atoms with E-state index in [-0.39, 0.29) is 23.8 Å². The number of aryl methyl sites for hydroxylation is 1. The molecule has 140 valence electrons. The molecule has 2 heterocycles. The molecule has 1 atom stereocenters. The van der Waals surface area contributed by atoms with Gasteiger partial charge < -0.3 is 15.2 Å². The van der Waals surface area contributed by atoms with Crippen LogP contribution in [0.5, 0.6) is 0 Å². The number of carbonyl (C=O) groups excluding carboxylic acids is 2. The highest BCUT2D eigenvalue weighted by atomic mass is 16.2. The van der Waals surface area contributed by atoms with Gasteiger partial charge >= 0.3 is 0 Å². The summed E-state index contributed by atoms with van der Waals surface area (Å²) in [6, 6.07) is 5.95. The monoisotopic (exact) mass is 356 g/mol. The number of fused-ring (bicyclic) bond motifs is 1. The van der Waals surface area contributed by atoms with Crippen LogP contribution in [0.4, 0.5) is 0 Å². The summed E-state index contributed by atoms with van der Waals surface area (Å²) in [6.45, 7) is 7.70. The van der Waals surface area contributed by atoms with Gasteiger partial charge in [0.25, 0.3) is 0 Å². The number of nitrogens with zero attached hydrogens (tertiary/aromatic N) is 2. The van der Waals surface area contributed by atoms with E-state index in [9.17, 15) is 9.59 Å². The van der Waals surface area contributed by atoms with E-state index in [4.69, 9.17) is 0 Å². The molecule has 1 fully saturated rings. The molecule has 1 aliphatic rings. The number of aromatic amines is 1. The smallest absolute Gasteiger partial charge is 0.222 e. The Hall–Kier alpha value is -2.37. The molecule has 0 spiro atoms. The van der Waals surface area contributed by atoms with E-state index in [1.54, 1.807) is 0 Å². The molecule has 1 aromatic heterocycles. The molecule has 3 rings (SSSR count). The topological polar surface area (TPSA) is 78.1 Å². The third kappa shape index (κ3) is 4.23. The Bertz CT molecular complexity index is 796. The van der Waals surface area contributed by atoms with Crippen molar-refractivity contribution in [3.8, 4) is 0 Å². The second-order valence-electron chi connectivity index (χ2n) is 7.52. The molecule has 2 aromatic rings. The number of rotatable bonds is 7. The number of benzene rings is 1. The maximum atomic E-state index is 12.4. The lowest BCUT2D eigenvalue weighted by Gasteiger charge is -2.21. The minimum absolute atomic E-state index is 0.00647. The molecule has 0 radical (unpaired) electrons. The molecular formula is C20H28N4O2. The molecular weight excluding hydrogens is 328 g/mol. The summed E-state index contributed by atoms with van der Waals surface area (Å²) in [5.74, 6) is 1.24. The predicted octanol–water partition coefficient (Wildman–Crippen LogP) is 3.09. The molecule has 1 aromatic carbocycles. The van der Waals surface area contributed by atoms with E-state index in [0.717, 1.165) is 29.8 Å². The van der Waals surface area contributed by atoms with Gasteiger partial charge in [-0.2, -0.15) is 0 Å². The van der Waals surface area contributed by atoms with Crippen molar-refractivity contribution in [2.75, 3.05) is 13.1 Å². The largest absolute Gasteiger partial charge is 0.346 e. The van der Waals surface area contributed by atoms with Crippen molar-refractivity contribution in [1.82, 2.24) is 20.2 Å². The minimum Gasteiger partial charge on any atom is -0.346 e. The van der Waals surface area contributed by atoms with Gasteiger partial charge in [0.2, 0.25) is 11.8 Å². The van der Waals surface area contributed by atoms with Crippen molar-refractivity contribution in [2.24, 2.45) is 5.92 Å². The standard InChI is InChI=1S/C20H28N4O2/c1-13(2)19(20-21-15-9-8-14(3)12-16(15)22-20)23-17(25)6-4-10-24-11-5-7-18(24)26/h8-9,12-13,19H,4-7,10-11H2,1-3H3,(H,21,22)(H,23,25). The summed E-state index contributed by atoms with van der Waals surface area (Å²) in [7, 11) is 0. The number of carbonyl (C=O) groups is 2. The predicted molar refractivity (Wildman–Crippen MR) is 102 cm³/mol. The number of nitrogens with one attached hydrogen (secondary N) is 2. The van der Waals surface area contributed by atoms with E-state index in [2.05, 4.69) is 35.2 Å². The lowest BCUT2D eigenvalue weighted by Crippen LogP contribution is -2.33. The van der Waals surface area contributed by atoms with Gasteiger partial charge in [0.05, 0.1) is 17.1 Å². The van der Waals surface area contributed by atoms with Crippen molar-refractivity contribution in [3.05, 3.63) is 29.6 Å². The fraction of sp³-hybridized carbons (Fsp3) is 0.550. The normalized spacial score (nSPS) is 15.8. The first kappa shape index (κ1) is 18.4. The van der Waals surface area contributed by atoms with Crippen molar-refractivity contribution in [1.29, 1.82) is 0 Å². The van der Waals surface area contributed by atoms with Gasteiger partial charge in [-0.25, -0.2) is 4.98 Å². The quantitative estimate of drug-likeness (QED) is 0.800. The Balaban J connectivity index is 1.60. The van der Waals surface area contributed by atoms with Gasteiger partial charge in [-0.1, -0.05) is 19.9 Å². The van der Waals surface area contributed by atoms with Crippen LogP contribution in [0.3, 0.4) is 0 Å². The van der Waals surface area contributed by atoms with Crippen LogP contribution in [-0.2, 0) is 9.59 Å². The van der Waals surface area contributed by atoms with Crippen LogP contribution < -0.4 is 5.32 Å². The number of aromatic nitrogens is 2. The number of amides is 2. The number of imidazole rings is 1. The summed E-state index contributed by atoms with van der Waals surface area (Å²) in [5, 5.41) is 3.11. The number of likely N-dealkylation sites (tertiary alicyclic amines) is 1. The highest BCUT2D eigenvalue weighted by molar-refractivity contribution is 5.79. The first-order valence-electron chi connectivity index (χ1n) is 9.47. The SMILES string of the molecule is Cc1ccc2nc(C(NC(=O)CCCN3CCCC3=O)C(C)C)[nH]c2c1. The zero-order valence-electron chi connectivity index (χ0n) is 15.8. The summed E-state index contributed by atoms with van der Waals surface area (Å²) < 4.78 is 0. The number of hydrogen-bond donors (Lipinski definition) is 2. The maximum absolute atomic E-state index is 12.4. The molecule has 1 saturated heterocycles.